The molecule has 2 aliphatic rings. The van der Waals surface area contributed by atoms with Crippen LogP contribution in [0.15, 0.2) is 30.6 Å². The average molecular weight is 344 g/mol. The molecule has 0 saturated carbocycles. The van der Waals surface area contributed by atoms with Gasteiger partial charge in [0.25, 0.3) is 0 Å². The van der Waals surface area contributed by atoms with Crippen molar-refractivity contribution >= 4 is 23.2 Å². The van der Waals surface area contributed by atoms with Gasteiger partial charge in [0, 0.05) is 22.8 Å². The molecule has 1 aliphatic carbocycles. The fourth-order valence-electron chi connectivity index (χ4n) is 3.52. The zero-order valence-electron chi connectivity index (χ0n) is 13.1. The first kappa shape index (κ1) is 15.4. The van der Waals surface area contributed by atoms with Gasteiger partial charge in [0.05, 0.1) is 24.4 Å². The third-order valence-electron chi connectivity index (χ3n) is 4.78. The number of fused-ring (bicyclic) bond motifs is 2. The fourth-order valence-corrected chi connectivity index (χ4v) is 3.70. The van der Waals surface area contributed by atoms with Crippen LogP contribution in [0.1, 0.15) is 41.5 Å². The maximum Gasteiger partial charge on any atom is 0.232 e. The molecule has 24 heavy (non-hydrogen) atoms. The zero-order chi connectivity index (χ0) is 16.7. The molecule has 4 rings (SSSR count). The Balaban J connectivity index is 1.62. The van der Waals surface area contributed by atoms with Gasteiger partial charge in [-0.3, -0.25) is 9.78 Å². The van der Waals surface area contributed by atoms with Gasteiger partial charge in [0.2, 0.25) is 5.91 Å². The van der Waals surface area contributed by atoms with E-state index in [0.717, 1.165) is 41.0 Å². The van der Waals surface area contributed by atoms with E-state index >= 15 is 0 Å². The Kier molecular flexibility index (Phi) is 3.90. The molecule has 2 atom stereocenters. The summed E-state index contributed by atoms with van der Waals surface area (Å²) in [6, 6.07) is 5.41. The number of carbonyl (C=O) groups excluding carboxylic acids is 1. The number of ether oxygens (including phenoxy) is 1. The Bertz CT molecular complexity index is 809. The Morgan fingerprint density at radius 2 is 2.17 bits per heavy atom. The Morgan fingerprint density at radius 1 is 1.29 bits per heavy atom. The fraction of sp³-hybridized carbons (Fsp3) is 0.333. The molecule has 2 aromatic rings. The lowest BCUT2D eigenvalue weighted by molar-refractivity contribution is -0.118. The van der Waals surface area contributed by atoms with E-state index in [9.17, 15) is 4.79 Å². The monoisotopic (exact) mass is 343 g/mol. The van der Waals surface area contributed by atoms with Gasteiger partial charge in [-0.1, -0.05) is 11.6 Å². The van der Waals surface area contributed by atoms with Crippen molar-refractivity contribution in [3.05, 3.63) is 52.3 Å². The van der Waals surface area contributed by atoms with Crippen molar-refractivity contribution < 1.29 is 9.53 Å². The van der Waals surface area contributed by atoms with E-state index in [1.807, 2.05) is 12.1 Å². The van der Waals surface area contributed by atoms with E-state index < -0.39 is 0 Å². The highest BCUT2D eigenvalue weighted by molar-refractivity contribution is 6.30. The number of hydrogen-bond donors (Lipinski definition) is 2. The zero-order valence-corrected chi connectivity index (χ0v) is 13.8. The van der Waals surface area contributed by atoms with Crippen molar-refractivity contribution in [1.82, 2.24) is 4.98 Å². The number of halogens is 1. The second-order valence-corrected chi connectivity index (χ2v) is 6.70. The third-order valence-corrected chi connectivity index (χ3v) is 5.02. The predicted octanol–water partition coefficient (Wildman–Crippen LogP) is 3.19. The quantitative estimate of drug-likeness (QED) is 0.878. The normalized spacial score (nSPS) is 21.6. The molecule has 0 fully saturated rings. The number of anilines is 1. The van der Waals surface area contributed by atoms with Crippen molar-refractivity contribution in [2.45, 2.75) is 31.2 Å². The van der Waals surface area contributed by atoms with E-state index in [0.29, 0.717) is 18.1 Å². The molecule has 0 bridgehead atoms. The number of aromatic nitrogens is 1. The van der Waals surface area contributed by atoms with Gasteiger partial charge in [-0.25, -0.2) is 0 Å². The van der Waals surface area contributed by atoms with Crippen molar-refractivity contribution in [3.63, 3.8) is 0 Å². The van der Waals surface area contributed by atoms with Crippen LogP contribution in [-0.2, 0) is 11.2 Å². The molecule has 124 valence electrons. The average Bonchev–Trinajstić information content (AvgIpc) is 2.96. The third kappa shape index (κ3) is 2.64. The highest BCUT2D eigenvalue weighted by Gasteiger charge is 2.29. The summed E-state index contributed by atoms with van der Waals surface area (Å²) in [5.41, 5.74) is 9.82. The maximum absolute atomic E-state index is 12.9. The van der Waals surface area contributed by atoms with Crippen molar-refractivity contribution in [1.29, 1.82) is 0 Å². The number of rotatable bonds is 2. The highest BCUT2D eigenvalue weighted by atomic mass is 35.5. The van der Waals surface area contributed by atoms with Crippen molar-refractivity contribution in [2.75, 3.05) is 11.9 Å². The number of benzene rings is 1. The van der Waals surface area contributed by atoms with Gasteiger partial charge < -0.3 is 15.8 Å². The predicted molar refractivity (Wildman–Crippen MR) is 92.4 cm³/mol. The Hall–Kier alpha value is -2.11. The molecule has 0 radical (unpaired) electrons. The largest absolute Gasteiger partial charge is 0.493 e. The van der Waals surface area contributed by atoms with Crippen LogP contribution in [0.3, 0.4) is 0 Å². The van der Waals surface area contributed by atoms with Crippen LogP contribution < -0.4 is 15.8 Å². The number of pyridine rings is 1. The lowest BCUT2D eigenvalue weighted by Crippen LogP contribution is -2.27. The minimum atomic E-state index is -0.279. The molecule has 0 saturated heterocycles. The van der Waals surface area contributed by atoms with Crippen molar-refractivity contribution in [3.8, 4) is 5.75 Å². The molecule has 3 N–H and O–H groups in total. The molecule has 1 aromatic carbocycles. The van der Waals surface area contributed by atoms with E-state index in [-0.39, 0.29) is 17.9 Å². The molecular formula is C18H18ClN3O2. The SMILES string of the molecule is NC1CCc2c(NC(=O)C3CCOc4ccc(Cl)cc43)cncc21. The summed E-state index contributed by atoms with van der Waals surface area (Å²) >= 11 is 6.09. The molecule has 1 aliphatic heterocycles. The maximum atomic E-state index is 12.9. The molecule has 2 unspecified atom stereocenters. The molecule has 5 nitrogen and oxygen atoms in total. The number of carbonyl (C=O) groups is 1. The van der Waals surface area contributed by atoms with Gasteiger partial charge in [-0.2, -0.15) is 0 Å². The highest BCUT2D eigenvalue weighted by Crippen LogP contribution is 2.38. The summed E-state index contributed by atoms with van der Waals surface area (Å²) in [6.45, 7) is 0.517. The minimum Gasteiger partial charge on any atom is -0.493 e. The summed E-state index contributed by atoms with van der Waals surface area (Å²) in [7, 11) is 0. The van der Waals surface area contributed by atoms with Crippen molar-refractivity contribution in [2.24, 2.45) is 5.73 Å². The van der Waals surface area contributed by atoms with Gasteiger partial charge in [-0.05, 0) is 48.6 Å². The first-order chi connectivity index (χ1) is 11.6. The Labute approximate surface area is 145 Å². The number of hydrogen-bond acceptors (Lipinski definition) is 4. The van der Waals surface area contributed by atoms with Crippen LogP contribution >= 0.6 is 11.6 Å². The smallest absolute Gasteiger partial charge is 0.232 e. The number of nitrogens with zero attached hydrogens (tertiary/aromatic N) is 1. The molecule has 1 amide bonds. The van der Waals surface area contributed by atoms with Crippen LogP contribution in [0.25, 0.3) is 0 Å². The van der Waals surface area contributed by atoms with Crippen LogP contribution in [-0.4, -0.2) is 17.5 Å². The Morgan fingerprint density at radius 3 is 3.04 bits per heavy atom. The summed E-state index contributed by atoms with van der Waals surface area (Å²) < 4.78 is 5.63. The van der Waals surface area contributed by atoms with Gasteiger partial charge >= 0.3 is 0 Å². The van der Waals surface area contributed by atoms with Crippen LogP contribution in [0.5, 0.6) is 5.75 Å². The summed E-state index contributed by atoms with van der Waals surface area (Å²) in [6.07, 6.45) is 5.88. The molecule has 6 heteroatoms. The topological polar surface area (TPSA) is 77.2 Å². The standard InChI is InChI=1S/C18H18ClN3O2/c19-10-1-4-17-13(7-10)12(5-6-24-17)18(23)22-16-9-21-8-14-11(16)2-3-15(14)20/h1,4,7-9,12,15H,2-3,5-6,20H2,(H,22,23). The second-order valence-electron chi connectivity index (χ2n) is 6.26. The van der Waals surface area contributed by atoms with Gasteiger partial charge in [-0.15, -0.1) is 0 Å². The van der Waals surface area contributed by atoms with E-state index in [1.165, 1.54) is 0 Å². The molecular weight excluding hydrogens is 326 g/mol. The first-order valence-electron chi connectivity index (χ1n) is 8.09. The van der Waals surface area contributed by atoms with Gasteiger partial charge in [0.1, 0.15) is 5.75 Å². The van der Waals surface area contributed by atoms with Gasteiger partial charge in [0.15, 0.2) is 0 Å². The lowest BCUT2D eigenvalue weighted by atomic mass is 9.92. The lowest BCUT2D eigenvalue weighted by Gasteiger charge is -2.25. The first-order valence-corrected chi connectivity index (χ1v) is 8.47. The van der Waals surface area contributed by atoms with Crippen LogP contribution in [0.4, 0.5) is 5.69 Å². The second kappa shape index (κ2) is 6.07. The summed E-state index contributed by atoms with van der Waals surface area (Å²) in [5.74, 6) is 0.389. The number of nitrogens with two attached hydrogens (primary N) is 1. The van der Waals surface area contributed by atoms with Crippen LogP contribution in [0, 0.1) is 0 Å². The number of amides is 1. The van der Waals surface area contributed by atoms with E-state index in [2.05, 4.69) is 10.3 Å². The molecule has 2 heterocycles. The summed E-state index contributed by atoms with van der Waals surface area (Å²) in [5, 5.41) is 3.64. The molecule has 0 spiro atoms. The van der Waals surface area contributed by atoms with E-state index in [4.69, 9.17) is 22.1 Å². The minimum absolute atomic E-state index is 0.00645. The molecule has 1 aromatic heterocycles. The summed E-state index contributed by atoms with van der Waals surface area (Å²) in [4.78, 5) is 17.1. The number of nitrogens with one attached hydrogen (secondary N) is 1. The van der Waals surface area contributed by atoms with Crippen LogP contribution in [0.2, 0.25) is 5.02 Å². The van der Waals surface area contributed by atoms with E-state index in [1.54, 1.807) is 18.5 Å².